The van der Waals surface area contributed by atoms with Crippen molar-refractivity contribution in [2.24, 2.45) is 5.14 Å². The number of amides is 1. The number of nitrogens with two attached hydrogens (primary N) is 1. The average molecular weight is 494 g/mol. The Morgan fingerprint density at radius 1 is 0.742 bits per heavy atom. The third kappa shape index (κ3) is 2.99. The van der Waals surface area contributed by atoms with Gasteiger partial charge < -0.3 is 5.32 Å². The first-order valence-corrected chi connectivity index (χ1v) is 9.13. The number of benzene rings is 1. The van der Waals surface area contributed by atoms with E-state index in [1.165, 1.54) is 0 Å². The molecule has 0 spiro atoms. The monoisotopic (exact) mass is 494 g/mol. The SMILES string of the molecule is NS(=O)(=O)c1ccc(CNC(=O)C2(F)C(F)(F)C(F)(F)C(F)(F)C(F)(F)C2(F)F)cc1. The van der Waals surface area contributed by atoms with Gasteiger partial charge in [-0.2, -0.15) is 43.9 Å². The van der Waals surface area contributed by atoms with Crippen LogP contribution in [0.25, 0.3) is 0 Å². The molecule has 0 saturated heterocycles. The fourth-order valence-electron chi connectivity index (χ4n) is 2.61. The Labute approximate surface area is 165 Å². The summed E-state index contributed by atoms with van der Waals surface area (Å²) in [7, 11) is -4.23. The Balaban J connectivity index is 2.45. The van der Waals surface area contributed by atoms with E-state index in [1.807, 2.05) is 0 Å². The molecule has 1 aliphatic carbocycles. The number of carbonyl (C=O) groups excluding carboxylic acids is 1. The van der Waals surface area contributed by atoms with Gasteiger partial charge in [-0.3, -0.25) is 4.79 Å². The summed E-state index contributed by atoms with van der Waals surface area (Å²) in [5.74, 6) is -40.2. The molecule has 1 amide bonds. The maximum atomic E-state index is 14.5. The van der Waals surface area contributed by atoms with Crippen LogP contribution in [0.5, 0.6) is 0 Å². The van der Waals surface area contributed by atoms with Crippen LogP contribution in [0.15, 0.2) is 29.2 Å². The van der Waals surface area contributed by atoms with Crippen LogP contribution in [-0.4, -0.2) is 49.6 Å². The van der Waals surface area contributed by atoms with Gasteiger partial charge >= 0.3 is 35.3 Å². The highest BCUT2D eigenvalue weighted by molar-refractivity contribution is 7.89. The van der Waals surface area contributed by atoms with Crippen molar-refractivity contribution in [1.29, 1.82) is 0 Å². The van der Waals surface area contributed by atoms with Crippen LogP contribution in [0, 0.1) is 0 Å². The van der Waals surface area contributed by atoms with Crippen LogP contribution in [0.4, 0.5) is 48.3 Å². The second kappa shape index (κ2) is 6.66. The van der Waals surface area contributed by atoms with Crippen LogP contribution in [0.2, 0.25) is 0 Å². The number of carbonyl (C=O) groups is 1. The molecule has 31 heavy (non-hydrogen) atoms. The topological polar surface area (TPSA) is 89.3 Å². The minimum atomic E-state index is -7.42. The summed E-state index contributed by atoms with van der Waals surface area (Å²) in [6, 6.07) is 3.04. The number of halogens is 11. The lowest BCUT2D eigenvalue weighted by atomic mass is 9.71. The Morgan fingerprint density at radius 2 is 1.10 bits per heavy atom. The largest absolute Gasteiger partial charge is 0.384 e. The van der Waals surface area contributed by atoms with Gasteiger partial charge in [0.2, 0.25) is 10.0 Å². The van der Waals surface area contributed by atoms with E-state index in [9.17, 15) is 61.5 Å². The molecule has 1 aromatic carbocycles. The van der Waals surface area contributed by atoms with Gasteiger partial charge in [-0.05, 0) is 17.7 Å². The number of hydrogen-bond donors (Lipinski definition) is 2. The summed E-state index contributed by atoms with van der Waals surface area (Å²) < 4.78 is 171. The van der Waals surface area contributed by atoms with Crippen molar-refractivity contribution < 1.29 is 61.5 Å². The number of alkyl halides is 11. The van der Waals surface area contributed by atoms with Crippen molar-refractivity contribution >= 4 is 15.9 Å². The Hall–Kier alpha value is -2.17. The third-order valence-electron chi connectivity index (χ3n) is 4.46. The Bertz CT molecular complexity index is 963. The second-order valence-corrected chi connectivity index (χ2v) is 7.96. The van der Waals surface area contributed by atoms with E-state index in [0.29, 0.717) is 0 Å². The molecule has 0 bridgehead atoms. The molecular weight excluding hydrogens is 485 g/mol. The summed E-state index contributed by atoms with van der Waals surface area (Å²) in [6.07, 6.45) is 0. The third-order valence-corrected chi connectivity index (χ3v) is 5.39. The van der Waals surface area contributed by atoms with Gasteiger partial charge in [-0.15, -0.1) is 0 Å². The van der Waals surface area contributed by atoms with Crippen molar-refractivity contribution in [1.82, 2.24) is 5.32 Å². The van der Waals surface area contributed by atoms with Crippen LogP contribution in [0.3, 0.4) is 0 Å². The summed E-state index contributed by atoms with van der Waals surface area (Å²) in [4.78, 5) is 11.1. The van der Waals surface area contributed by atoms with Crippen molar-refractivity contribution in [2.45, 2.75) is 46.7 Å². The van der Waals surface area contributed by atoms with E-state index in [-0.39, 0.29) is 5.56 Å². The molecule has 1 aliphatic rings. The molecule has 5 nitrogen and oxygen atoms in total. The van der Waals surface area contributed by atoms with Gasteiger partial charge in [0.15, 0.2) is 0 Å². The first-order chi connectivity index (χ1) is 13.6. The highest BCUT2D eigenvalue weighted by Gasteiger charge is 3.02. The molecule has 0 aliphatic heterocycles. The first-order valence-electron chi connectivity index (χ1n) is 7.58. The van der Waals surface area contributed by atoms with Gasteiger partial charge in [0.05, 0.1) is 4.90 Å². The minimum absolute atomic E-state index is 0.351. The second-order valence-electron chi connectivity index (χ2n) is 6.40. The van der Waals surface area contributed by atoms with Crippen molar-refractivity contribution in [3.05, 3.63) is 29.8 Å². The molecule has 1 saturated carbocycles. The fraction of sp³-hybridized carbons (Fsp3) is 0.500. The number of primary sulfonamides is 1. The van der Waals surface area contributed by atoms with Crippen molar-refractivity contribution in [2.75, 3.05) is 0 Å². The molecule has 1 aromatic rings. The quantitative estimate of drug-likeness (QED) is 0.632. The molecule has 0 aromatic heterocycles. The minimum Gasteiger partial charge on any atom is -0.349 e. The van der Waals surface area contributed by atoms with Crippen molar-refractivity contribution in [3.63, 3.8) is 0 Å². The molecule has 3 N–H and O–H groups in total. The summed E-state index contributed by atoms with van der Waals surface area (Å²) >= 11 is 0. The van der Waals surface area contributed by atoms with Crippen molar-refractivity contribution in [3.8, 4) is 0 Å². The van der Waals surface area contributed by atoms with Crippen LogP contribution < -0.4 is 10.5 Å². The summed E-state index contributed by atoms with van der Waals surface area (Å²) in [6.45, 7) is -1.25. The van der Waals surface area contributed by atoms with E-state index < -0.39 is 62.7 Å². The smallest absolute Gasteiger partial charge is 0.349 e. The lowest BCUT2D eigenvalue weighted by Crippen LogP contribution is -2.86. The average Bonchev–Trinajstić information content (AvgIpc) is 2.63. The number of nitrogens with one attached hydrogen (secondary N) is 1. The normalized spacial score (nSPS) is 24.9. The zero-order valence-corrected chi connectivity index (χ0v) is 15.2. The van der Waals surface area contributed by atoms with E-state index >= 15 is 0 Å². The predicted octanol–water partition coefficient (Wildman–Crippen LogP) is 2.85. The highest BCUT2D eigenvalue weighted by Crippen LogP contribution is 2.69. The van der Waals surface area contributed by atoms with E-state index in [4.69, 9.17) is 5.14 Å². The Kier molecular flexibility index (Phi) is 5.39. The number of sulfonamides is 1. The number of rotatable bonds is 4. The molecule has 1 fully saturated rings. The standard InChI is InChI=1S/C14H9F11N2O3S/c15-9(8(28)27-5-6-1-3-7(4-2-6)31(26,29)30)10(16,17)12(20,21)14(24,25)13(22,23)11(9,18)19/h1-4H,5H2,(H,27,28)(H2,26,29,30). The number of hydrogen-bond acceptors (Lipinski definition) is 3. The lowest BCUT2D eigenvalue weighted by Gasteiger charge is -2.51. The van der Waals surface area contributed by atoms with Gasteiger partial charge in [0, 0.05) is 6.54 Å². The molecule has 2 rings (SSSR count). The highest BCUT2D eigenvalue weighted by atomic mass is 32.2. The zero-order valence-electron chi connectivity index (χ0n) is 14.4. The maximum Gasteiger partial charge on any atom is 0.384 e. The van der Waals surface area contributed by atoms with Crippen LogP contribution >= 0.6 is 0 Å². The lowest BCUT2D eigenvalue weighted by molar-refractivity contribution is -0.476. The molecule has 0 atom stereocenters. The van der Waals surface area contributed by atoms with Gasteiger partial charge in [0.25, 0.3) is 5.91 Å². The van der Waals surface area contributed by atoms with Gasteiger partial charge in [-0.1, -0.05) is 12.1 Å². The molecule has 0 unspecified atom stereocenters. The fourth-order valence-corrected chi connectivity index (χ4v) is 3.12. The van der Waals surface area contributed by atoms with E-state index in [2.05, 4.69) is 0 Å². The van der Waals surface area contributed by atoms with Gasteiger partial charge in [-0.25, -0.2) is 17.9 Å². The maximum absolute atomic E-state index is 14.5. The van der Waals surface area contributed by atoms with E-state index in [1.54, 1.807) is 0 Å². The summed E-state index contributed by atoms with van der Waals surface area (Å²) in [5, 5.41) is 5.67. The van der Waals surface area contributed by atoms with E-state index in [0.717, 1.165) is 29.6 Å². The summed E-state index contributed by atoms with van der Waals surface area (Å²) in [5.41, 5.74) is -7.15. The van der Waals surface area contributed by atoms with Crippen LogP contribution in [0.1, 0.15) is 5.56 Å². The van der Waals surface area contributed by atoms with Crippen LogP contribution in [-0.2, 0) is 21.4 Å². The molecule has 0 heterocycles. The first kappa shape index (κ1) is 25.1. The Morgan fingerprint density at radius 3 is 1.45 bits per heavy atom. The molecule has 0 radical (unpaired) electrons. The molecular formula is C14H9F11N2O3S. The van der Waals surface area contributed by atoms with Gasteiger partial charge in [0.1, 0.15) is 0 Å². The molecule has 176 valence electrons. The predicted molar refractivity (Wildman–Crippen MR) is 78.2 cm³/mol. The zero-order chi connectivity index (χ0) is 24.5. The molecule has 17 heteroatoms.